The van der Waals surface area contributed by atoms with Gasteiger partial charge in [0.15, 0.2) is 6.29 Å². The topological polar surface area (TPSA) is 61.4 Å². The second-order valence-electron chi connectivity index (χ2n) is 6.20. The predicted octanol–water partition coefficient (Wildman–Crippen LogP) is 2.20. The SMILES string of the molecule is CN(C[C@H](O)OCc1ccn[nH]1)C(C)(C)Cc1ccccc1. The van der Waals surface area contributed by atoms with Gasteiger partial charge in [0.25, 0.3) is 0 Å². The number of hydrogen-bond acceptors (Lipinski definition) is 4. The van der Waals surface area contributed by atoms with Gasteiger partial charge in [-0.2, -0.15) is 5.10 Å². The van der Waals surface area contributed by atoms with Crippen LogP contribution in [0.4, 0.5) is 0 Å². The first-order valence-electron chi connectivity index (χ1n) is 7.50. The predicted molar refractivity (Wildman–Crippen MR) is 86.2 cm³/mol. The summed E-state index contributed by atoms with van der Waals surface area (Å²) in [6, 6.07) is 12.2. The molecule has 0 fully saturated rings. The minimum absolute atomic E-state index is 0.0698. The lowest BCUT2D eigenvalue weighted by molar-refractivity contribution is -0.128. The fourth-order valence-electron chi connectivity index (χ4n) is 2.32. The van der Waals surface area contributed by atoms with E-state index in [4.69, 9.17) is 4.74 Å². The van der Waals surface area contributed by atoms with Gasteiger partial charge in [-0.1, -0.05) is 30.3 Å². The van der Waals surface area contributed by atoms with Gasteiger partial charge in [0.2, 0.25) is 0 Å². The summed E-state index contributed by atoms with van der Waals surface area (Å²) in [5.74, 6) is 0. The molecule has 1 aromatic heterocycles. The van der Waals surface area contributed by atoms with Gasteiger partial charge >= 0.3 is 0 Å². The van der Waals surface area contributed by atoms with Crippen molar-refractivity contribution in [1.29, 1.82) is 0 Å². The quantitative estimate of drug-likeness (QED) is 0.734. The summed E-state index contributed by atoms with van der Waals surface area (Å²) in [6.45, 7) is 5.12. The highest BCUT2D eigenvalue weighted by Crippen LogP contribution is 2.19. The smallest absolute Gasteiger partial charge is 0.167 e. The molecule has 0 spiro atoms. The number of nitrogens with zero attached hydrogens (tertiary/aromatic N) is 2. The first-order valence-corrected chi connectivity index (χ1v) is 7.50. The molecular weight excluding hydrogens is 278 g/mol. The molecule has 0 radical (unpaired) electrons. The zero-order valence-electron chi connectivity index (χ0n) is 13.5. The van der Waals surface area contributed by atoms with Crippen LogP contribution in [0.2, 0.25) is 0 Å². The lowest BCUT2D eigenvalue weighted by atomic mass is 9.93. The van der Waals surface area contributed by atoms with Crippen molar-refractivity contribution >= 4 is 0 Å². The number of hydrogen-bond donors (Lipinski definition) is 2. The van der Waals surface area contributed by atoms with Crippen molar-refractivity contribution in [3.63, 3.8) is 0 Å². The summed E-state index contributed by atoms with van der Waals surface area (Å²) in [5.41, 5.74) is 2.07. The molecule has 5 heteroatoms. The molecule has 2 rings (SSSR count). The van der Waals surface area contributed by atoms with E-state index in [0.717, 1.165) is 12.1 Å². The first kappa shape index (κ1) is 16.7. The molecule has 0 aliphatic rings. The van der Waals surface area contributed by atoms with Crippen LogP contribution in [0, 0.1) is 0 Å². The highest BCUT2D eigenvalue weighted by Gasteiger charge is 2.25. The Bertz CT molecular complexity index is 540. The fraction of sp³-hybridized carbons (Fsp3) is 0.471. The van der Waals surface area contributed by atoms with Crippen LogP contribution in [0.15, 0.2) is 42.6 Å². The number of H-pyrrole nitrogens is 1. The number of aromatic amines is 1. The average Bonchev–Trinajstić information content (AvgIpc) is 2.99. The Labute approximate surface area is 131 Å². The van der Waals surface area contributed by atoms with Crippen molar-refractivity contribution in [2.24, 2.45) is 0 Å². The van der Waals surface area contributed by atoms with Crippen molar-refractivity contribution in [1.82, 2.24) is 15.1 Å². The Morgan fingerprint density at radius 3 is 2.64 bits per heavy atom. The molecule has 22 heavy (non-hydrogen) atoms. The number of benzene rings is 1. The summed E-state index contributed by atoms with van der Waals surface area (Å²) in [5, 5.41) is 16.7. The Hall–Kier alpha value is -1.69. The van der Waals surface area contributed by atoms with E-state index >= 15 is 0 Å². The van der Waals surface area contributed by atoms with Gasteiger partial charge in [-0.15, -0.1) is 0 Å². The number of rotatable bonds is 8. The summed E-state index contributed by atoms with van der Waals surface area (Å²) in [7, 11) is 2.01. The van der Waals surface area contributed by atoms with Crippen molar-refractivity contribution < 1.29 is 9.84 Å². The number of aliphatic hydroxyl groups excluding tert-OH is 1. The van der Waals surface area contributed by atoms with Gasteiger partial charge in [0, 0.05) is 18.3 Å². The maximum atomic E-state index is 10.0. The lowest BCUT2D eigenvalue weighted by Gasteiger charge is -2.37. The van der Waals surface area contributed by atoms with Crippen LogP contribution >= 0.6 is 0 Å². The Morgan fingerprint density at radius 2 is 2.00 bits per heavy atom. The molecule has 0 amide bonds. The molecule has 2 aromatic rings. The van der Waals surface area contributed by atoms with Crippen LogP contribution in [0.1, 0.15) is 25.1 Å². The molecule has 120 valence electrons. The van der Waals surface area contributed by atoms with Gasteiger partial charge in [-0.05, 0) is 38.9 Å². The standard InChI is InChI=1S/C17H25N3O2/c1-17(2,11-14-7-5-4-6-8-14)20(3)12-16(21)22-13-15-9-10-18-19-15/h4-10,16,21H,11-13H2,1-3H3,(H,18,19)/t16-/m1/s1. The number of aromatic nitrogens is 2. The zero-order valence-corrected chi connectivity index (χ0v) is 13.5. The lowest BCUT2D eigenvalue weighted by Crippen LogP contribution is -2.46. The molecule has 0 aliphatic carbocycles. The normalized spacial score (nSPS) is 13.5. The van der Waals surface area contributed by atoms with Crippen molar-refractivity contribution in [3.05, 3.63) is 53.9 Å². The van der Waals surface area contributed by atoms with Gasteiger partial charge < -0.3 is 9.84 Å². The van der Waals surface area contributed by atoms with E-state index in [1.165, 1.54) is 5.56 Å². The Balaban J connectivity index is 1.82. The molecule has 0 unspecified atom stereocenters. The summed E-state index contributed by atoms with van der Waals surface area (Å²) >= 11 is 0. The maximum absolute atomic E-state index is 10.0. The first-order chi connectivity index (χ1) is 10.5. The van der Waals surface area contributed by atoms with Crippen molar-refractivity contribution in [3.8, 4) is 0 Å². The van der Waals surface area contributed by atoms with Crippen molar-refractivity contribution in [2.45, 2.75) is 38.7 Å². The summed E-state index contributed by atoms with van der Waals surface area (Å²) in [6.07, 6.45) is 1.75. The monoisotopic (exact) mass is 303 g/mol. The van der Waals surface area contributed by atoms with Crippen LogP contribution in [0.5, 0.6) is 0 Å². The number of nitrogens with one attached hydrogen (secondary N) is 1. The molecule has 5 nitrogen and oxygen atoms in total. The largest absolute Gasteiger partial charge is 0.367 e. The van der Waals surface area contributed by atoms with Gasteiger partial charge in [0.05, 0.1) is 12.3 Å². The zero-order chi connectivity index (χ0) is 16.0. The van der Waals surface area contributed by atoms with Gasteiger partial charge in [-0.25, -0.2) is 0 Å². The minimum atomic E-state index is -0.830. The van der Waals surface area contributed by atoms with Gasteiger partial charge in [-0.3, -0.25) is 10.00 Å². The van der Waals surface area contributed by atoms with E-state index in [2.05, 4.69) is 41.1 Å². The number of ether oxygens (including phenoxy) is 1. The Morgan fingerprint density at radius 1 is 1.27 bits per heavy atom. The maximum Gasteiger partial charge on any atom is 0.167 e. The molecule has 0 saturated heterocycles. The summed E-state index contributed by atoms with van der Waals surface area (Å²) < 4.78 is 5.45. The number of likely N-dealkylation sites (N-methyl/N-ethyl adjacent to an activating group) is 1. The van der Waals surface area contributed by atoms with Crippen LogP contribution in [-0.2, 0) is 17.8 Å². The van der Waals surface area contributed by atoms with Crippen LogP contribution in [-0.4, -0.2) is 45.6 Å². The molecule has 0 saturated carbocycles. The third-order valence-corrected chi connectivity index (χ3v) is 3.93. The second kappa shape index (κ2) is 7.54. The number of aliphatic hydroxyl groups is 1. The van der Waals surface area contributed by atoms with E-state index in [-0.39, 0.29) is 5.54 Å². The highest BCUT2D eigenvalue weighted by atomic mass is 16.6. The third kappa shape index (κ3) is 4.94. The Kier molecular flexibility index (Phi) is 5.71. The van der Waals surface area contributed by atoms with Gasteiger partial charge in [0.1, 0.15) is 0 Å². The van der Waals surface area contributed by atoms with Crippen LogP contribution < -0.4 is 0 Å². The molecular formula is C17H25N3O2. The number of β-amino-alcohol motifs (C(OH)–C–C–N with tert-alkyl or cyclic N) is 1. The van der Waals surface area contributed by atoms with E-state index < -0.39 is 6.29 Å². The van der Waals surface area contributed by atoms with Crippen molar-refractivity contribution in [2.75, 3.05) is 13.6 Å². The fourth-order valence-corrected chi connectivity index (χ4v) is 2.32. The van der Waals surface area contributed by atoms with E-state index in [1.54, 1.807) is 6.20 Å². The third-order valence-electron chi connectivity index (χ3n) is 3.93. The molecule has 0 aliphatic heterocycles. The minimum Gasteiger partial charge on any atom is -0.367 e. The molecule has 0 bridgehead atoms. The average molecular weight is 303 g/mol. The van der Waals surface area contributed by atoms with E-state index in [1.807, 2.05) is 31.3 Å². The molecule has 2 N–H and O–H groups in total. The second-order valence-corrected chi connectivity index (χ2v) is 6.20. The highest BCUT2D eigenvalue weighted by molar-refractivity contribution is 5.17. The molecule has 1 atom stereocenters. The molecule has 1 aromatic carbocycles. The summed E-state index contributed by atoms with van der Waals surface area (Å²) in [4.78, 5) is 2.12. The van der Waals surface area contributed by atoms with Crippen LogP contribution in [0.3, 0.4) is 0 Å². The molecule has 1 heterocycles. The van der Waals surface area contributed by atoms with Crippen LogP contribution in [0.25, 0.3) is 0 Å². The van der Waals surface area contributed by atoms with E-state index in [9.17, 15) is 5.11 Å². The van der Waals surface area contributed by atoms with E-state index in [0.29, 0.717) is 13.2 Å².